The summed E-state index contributed by atoms with van der Waals surface area (Å²) in [6, 6.07) is 0. The van der Waals surface area contributed by atoms with Gasteiger partial charge in [0.15, 0.2) is 0 Å². The fourth-order valence-corrected chi connectivity index (χ4v) is 0.535. The van der Waals surface area contributed by atoms with Crippen molar-refractivity contribution in [2.45, 2.75) is 6.92 Å². The van der Waals surface area contributed by atoms with E-state index in [0.717, 1.165) is 13.5 Å². The molecule has 3 heteroatoms. The fraction of sp³-hybridized carbons (Fsp3) is 0.222. The van der Waals surface area contributed by atoms with Crippen LogP contribution in [-0.4, -0.2) is 17.6 Å². The number of carboxylic acid groups (broad SMARTS) is 1. The fourth-order valence-electron chi connectivity index (χ4n) is 0.535. The van der Waals surface area contributed by atoms with E-state index in [1.54, 1.807) is 0 Å². The van der Waals surface area contributed by atoms with Crippen molar-refractivity contribution in [3.05, 3.63) is 36.6 Å². The minimum absolute atomic E-state index is 0.833. The number of allylic oxidation sites excluding steroid dienone is 4. The van der Waals surface area contributed by atoms with Gasteiger partial charge in [0, 0.05) is 13.5 Å². The average molecular weight is 167 g/mol. The molecule has 0 bridgehead atoms. The van der Waals surface area contributed by atoms with E-state index in [4.69, 9.17) is 9.90 Å². The first-order chi connectivity index (χ1) is 5.73. The summed E-state index contributed by atoms with van der Waals surface area (Å²) in [5, 5.41) is 10.5. The van der Waals surface area contributed by atoms with Crippen LogP contribution in [0.15, 0.2) is 36.6 Å². The minimum atomic E-state index is -0.833. The Hall–Kier alpha value is -1.51. The molecule has 0 saturated carbocycles. The van der Waals surface area contributed by atoms with E-state index in [0.29, 0.717) is 0 Å². The third-order valence-corrected chi connectivity index (χ3v) is 0.919. The highest BCUT2D eigenvalue weighted by Crippen LogP contribution is 1.81. The molecule has 1 aliphatic heterocycles. The Morgan fingerprint density at radius 1 is 1.33 bits per heavy atom. The summed E-state index contributed by atoms with van der Waals surface area (Å²) in [4.78, 5) is 9.00. The molecule has 3 nitrogen and oxygen atoms in total. The maximum atomic E-state index is 9.00. The van der Waals surface area contributed by atoms with E-state index in [2.05, 4.69) is 11.4 Å². The van der Waals surface area contributed by atoms with Crippen LogP contribution in [0.1, 0.15) is 6.92 Å². The molecule has 1 aliphatic rings. The maximum Gasteiger partial charge on any atom is 0.300 e. The van der Waals surface area contributed by atoms with Crippen molar-refractivity contribution in [2.75, 3.05) is 6.54 Å². The predicted molar refractivity (Wildman–Crippen MR) is 48.7 cm³/mol. The molecule has 12 heavy (non-hydrogen) atoms. The molecule has 0 aliphatic carbocycles. The third-order valence-electron chi connectivity index (χ3n) is 0.919. The summed E-state index contributed by atoms with van der Waals surface area (Å²) < 4.78 is 0. The van der Waals surface area contributed by atoms with E-state index < -0.39 is 5.97 Å². The zero-order valence-electron chi connectivity index (χ0n) is 7.03. The topological polar surface area (TPSA) is 49.3 Å². The summed E-state index contributed by atoms with van der Waals surface area (Å²) in [7, 11) is 0. The van der Waals surface area contributed by atoms with Crippen molar-refractivity contribution in [3.8, 4) is 0 Å². The first-order valence-electron chi connectivity index (χ1n) is 3.64. The molecule has 1 rings (SSSR count). The smallest absolute Gasteiger partial charge is 0.300 e. The van der Waals surface area contributed by atoms with Gasteiger partial charge in [-0.1, -0.05) is 24.3 Å². The highest BCUT2D eigenvalue weighted by Gasteiger charge is 1.72. The first-order valence-corrected chi connectivity index (χ1v) is 3.64. The molecule has 0 unspecified atom stereocenters. The molecule has 0 fully saturated rings. The zero-order valence-corrected chi connectivity index (χ0v) is 7.03. The quantitative estimate of drug-likeness (QED) is 0.571. The van der Waals surface area contributed by atoms with Gasteiger partial charge in [-0.3, -0.25) is 4.79 Å². The number of carboxylic acids is 1. The lowest BCUT2D eigenvalue weighted by atomic mass is 10.4. The van der Waals surface area contributed by atoms with Crippen LogP contribution < -0.4 is 5.32 Å². The molecular formula is C9H13NO2. The van der Waals surface area contributed by atoms with Crippen LogP contribution in [0.4, 0.5) is 0 Å². The van der Waals surface area contributed by atoms with Gasteiger partial charge in [-0.05, 0) is 12.3 Å². The van der Waals surface area contributed by atoms with Gasteiger partial charge in [0.25, 0.3) is 5.97 Å². The Morgan fingerprint density at radius 2 is 1.92 bits per heavy atom. The highest BCUT2D eigenvalue weighted by atomic mass is 16.4. The van der Waals surface area contributed by atoms with Crippen LogP contribution in [0.5, 0.6) is 0 Å². The van der Waals surface area contributed by atoms with E-state index in [9.17, 15) is 0 Å². The van der Waals surface area contributed by atoms with Crippen molar-refractivity contribution < 1.29 is 9.90 Å². The molecule has 0 aromatic heterocycles. The third kappa shape index (κ3) is 11.3. The van der Waals surface area contributed by atoms with Gasteiger partial charge in [0.05, 0.1) is 0 Å². The van der Waals surface area contributed by atoms with Crippen molar-refractivity contribution in [1.82, 2.24) is 5.32 Å². The second-order valence-corrected chi connectivity index (χ2v) is 2.10. The van der Waals surface area contributed by atoms with Gasteiger partial charge >= 0.3 is 0 Å². The average Bonchev–Trinajstić information content (AvgIpc) is 1.82. The zero-order chi connectivity index (χ0) is 9.23. The number of rotatable bonds is 0. The summed E-state index contributed by atoms with van der Waals surface area (Å²) in [6.07, 6.45) is 12.0. The molecule has 0 atom stereocenters. The Balaban J connectivity index is 0.000000261. The van der Waals surface area contributed by atoms with Crippen LogP contribution in [0, 0.1) is 0 Å². The van der Waals surface area contributed by atoms with Gasteiger partial charge in [-0.15, -0.1) is 0 Å². The summed E-state index contributed by atoms with van der Waals surface area (Å²) in [5.74, 6) is -0.833. The maximum absolute atomic E-state index is 9.00. The molecule has 66 valence electrons. The lowest BCUT2D eigenvalue weighted by molar-refractivity contribution is -0.134. The summed E-state index contributed by atoms with van der Waals surface area (Å²) in [6.45, 7) is 2.01. The van der Waals surface area contributed by atoms with Crippen molar-refractivity contribution >= 4 is 5.97 Å². The van der Waals surface area contributed by atoms with Crippen LogP contribution in [0.2, 0.25) is 0 Å². The SMILES string of the molecule is C1=CC=CNCC=C1.CC(=O)O. The van der Waals surface area contributed by atoms with E-state index in [1.807, 2.05) is 30.5 Å². The molecule has 0 spiro atoms. The summed E-state index contributed by atoms with van der Waals surface area (Å²) >= 11 is 0. The number of aliphatic carboxylic acids is 1. The molecule has 0 radical (unpaired) electrons. The molecule has 2 N–H and O–H groups in total. The minimum Gasteiger partial charge on any atom is -0.481 e. The van der Waals surface area contributed by atoms with Gasteiger partial charge < -0.3 is 10.4 Å². The van der Waals surface area contributed by atoms with E-state index >= 15 is 0 Å². The predicted octanol–water partition coefficient (Wildman–Crippen LogP) is 1.31. The van der Waals surface area contributed by atoms with Crippen molar-refractivity contribution in [3.63, 3.8) is 0 Å². The largest absolute Gasteiger partial charge is 0.481 e. The van der Waals surface area contributed by atoms with Crippen molar-refractivity contribution in [2.24, 2.45) is 0 Å². The van der Waals surface area contributed by atoms with E-state index in [1.165, 1.54) is 0 Å². The molecule has 0 aromatic carbocycles. The molecule has 1 heterocycles. The second-order valence-electron chi connectivity index (χ2n) is 2.10. The monoisotopic (exact) mass is 167 g/mol. The van der Waals surface area contributed by atoms with Crippen molar-refractivity contribution in [1.29, 1.82) is 0 Å². The number of nitrogens with one attached hydrogen (secondary N) is 1. The van der Waals surface area contributed by atoms with Crippen LogP contribution in [-0.2, 0) is 4.79 Å². The Morgan fingerprint density at radius 3 is 2.58 bits per heavy atom. The first kappa shape index (κ1) is 10.5. The van der Waals surface area contributed by atoms with Gasteiger partial charge in [0.1, 0.15) is 0 Å². The van der Waals surface area contributed by atoms with Gasteiger partial charge in [-0.2, -0.15) is 0 Å². The lowest BCUT2D eigenvalue weighted by Gasteiger charge is -1.92. The Kier molecular flexibility index (Phi) is 6.64. The lowest BCUT2D eigenvalue weighted by Crippen LogP contribution is -2.03. The number of hydrogen-bond donors (Lipinski definition) is 2. The Bertz CT molecular complexity index is 185. The summed E-state index contributed by atoms with van der Waals surface area (Å²) in [5.41, 5.74) is 0. The number of carbonyl (C=O) groups is 1. The molecule has 0 aromatic rings. The molecule has 0 saturated heterocycles. The van der Waals surface area contributed by atoms with E-state index in [-0.39, 0.29) is 0 Å². The van der Waals surface area contributed by atoms with Crippen LogP contribution in [0.25, 0.3) is 0 Å². The van der Waals surface area contributed by atoms with Crippen LogP contribution >= 0.6 is 0 Å². The highest BCUT2D eigenvalue weighted by molar-refractivity contribution is 5.62. The Labute approximate surface area is 72.1 Å². The molecule has 0 amide bonds. The molecular weight excluding hydrogens is 154 g/mol. The normalized spacial score (nSPS) is 13.4. The number of hydrogen-bond acceptors (Lipinski definition) is 2. The standard InChI is InChI=1S/C7H9N.C2H4O2/c1-2-4-6-8-7-5-3-1;1-2(3)4/h1-6,8H,7H2;1H3,(H,3,4). The van der Waals surface area contributed by atoms with Gasteiger partial charge in [0.2, 0.25) is 0 Å². The van der Waals surface area contributed by atoms with Crippen LogP contribution in [0.3, 0.4) is 0 Å². The van der Waals surface area contributed by atoms with Gasteiger partial charge in [-0.25, -0.2) is 0 Å². The second kappa shape index (κ2) is 7.60.